The first-order valence-electron chi connectivity index (χ1n) is 4.66. The fraction of sp³-hybridized carbons (Fsp3) is 0.0909. The first-order chi connectivity index (χ1) is 7.58. The summed E-state index contributed by atoms with van der Waals surface area (Å²) in [5.74, 6) is 0. The third-order valence-corrected chi connectivity index (χ3v) is 2.66. The number of H-pyrrole nitrogens is 1. The van der Waals surface area contributed by atoms with Gasteiger partial charge in [-0.2, -0.15) is 0 Å². The average Bonchev–Trinajstić information content (AvgIpc) is 2.22. The number of benzene rings is 1. The molecule has 82 valence electrons. The van der Waals surface area contributed by atoms with Crippen molar-refractivity contribution in [1.82, 2.24) is 9.55 Å². The molecule has 0 saturated heterocycles. The summed E-state index contributed by atoms with van der Waals surface area (Å²) in [5.41, 5.74) is 0.659. The summed E-state index contributed by atoms with van der Waals surface area (Å²) in [4.78, 5) is 24.6. The fourth-order valence-corrected chi connectivity index (χ4v) is 1.53. The van der Waals surface area contributed by atoms with Crippen molar-refractivity contribution >= 4 is 11.6 Å². The van der Waals surface area contributed by atoms with Crippen LogP contribution in [-0.2, 0) is 0 Å². The van der Waals surface area contributed by atoms with Crippen molar-refractivity contribution in [3.05, 3.63) is 61.9 Å². The lowest BCUT2D eigenvalue weighted by Gasteiger charge is -2.05. The van der Waals surface area contributed by atoms with Gasteiger partial charge in [0.1, 0.15) is 0 Å². The molecule has 0 amide bonds. The van der Waals surface area contributed by atoms with Gasteiger partial charge < -0.3 is 0 Å². The Morgan fingerprint density at radius 3 is 2.62 bits per heavy atom. The number of rotatable bonds is 1. The van der Waals surface area contributed by atoms with Gasteiger partial charge in [0.15, 0.2) is 0 Å². The van der Waals surface area contributed by atoms with Gasteiger partial charge in [-0.25, -0.2) is 4.79 Å². The third-order valence-electron chi connectivity index (χ3n) is 2.26. The second-order valence-corrected chi connectivity index (χ2v) is 3.82. The molecule has 0 fully saturated rings. The van der Waals surface area contributed by atoms with Crippen LogP contribution in [0.2, 0.25) is 5.02 Å². The molecular weight excluding hydrogens is 228 g/mol. The Hall–Kier alpha value is -1.81. The van der Waals surface area contributed by atoms with Gasteiger partial charge >= 0.3 is 5.69 Å². The lowest BCUT2D eigenvalue weighted by molar-refractivity contribution is 0.896. The second-order valence-electron chi connectivity index (χ2n) is 3.41. The summed E-state index contributed by atoms with van der Waals surface area (Å²) in [7, 11) is 0. The van der Waals surface area contributed by atoms with Gasteiger partial charge in [-0.3, -0.25) is 14.3 Å². The Morgan fingerprint density at radius 1 is 1.25 bits per heavy atom. The maximum absolute atomic E-state index is 11.5. The van der Waals surface area contributed by atoms with Crippen LogP contribution in [0.4, 0.5) is 0 Å². The number of aromatic amines is 1. The smallest absolute Gasteiger partial charge is 0.274 e. The number of hydrogen-bond donors (Lipinski definition) is 1. The monoisotopic (exact) mass is 236 g/mol. The Morgan fingerprint density at radius 2 is 2.00 bits per heavy atom. The highest BCUT2D eigenvalue weighted by atomic mass is 35.5. The molecule has 0 saturated carbocycles. The SMILES string of the molecule is Cc1ccc(-n2ccc(=O)[nH]c2=O)cc1Cl. The van der Waals surface area contributed by atoms with Gasteiger partial charge in [0, 0.05) is 17.3 Å². The Balaban J connectivity index is 2.63. The van der Waals surface area contributed by atoms with E-state index in [9.17, 15) is 9.59 Å². The summed E-state index contributed by atoms with van der Waals surface area (Å²) in [6.07, 6.45) is 1.42. The van der Waals surface area contributed by atoms with Crippen molar-refractivity contribution in [3.8, 4) is 5.69 Å². The molecule has 0 aliphatic rings. The normalized spacial score (nSPS) is 10.4. The Kier molecular flexibility index (Phi) is 2.66. The van der Waals surface area contributed by atoms with E-state index in [0.29, 0.717) is 10.7 Å². The third kappa shape index (κ3) is 1.92. The van der Waals surface area contributed by atoms with Crippen molar-refractivity contribution in [1.29, 1.82) is 0 Å². The van der Waals surface area contributed by atoms with Crippen LogP contribution in [0.15, 0.2) is 40.1 Å². The standard InChI is InChI=1S/C11H9ClN2O2/c1-7-2-3-8(6-9(7)12)14-5-4-10(15)13-11(14)16/h2-6H,1H3,(H,13,15,16). The molecule has 1 aromatic carbocycles. The molecule has 0 spiro atoms. The quantitative estimate of drug-likeness (QED) is 0.816. The molecule has 0 bridgehead atoms. The highest BCUT2D eigenvalue weighted by Gasteiger charge is 2.02. The molecule has 0 atom stereocenters. The molecule has 0 aliphatic heterocycles. The lowest BCUT2D eigenvalue weighted by atomic mass is 10.2. The van der Waals surface area contributed by atoms with Crippen LogP contribution in [0, 0.1) is 6.92 Å². The van der Waals surface area contributed by atoms with Crippen LogP contribution in [-0.4, -0.2) is 9.55 Å². The van der Waals surface area contributed by atoms with E-state index < -0.39 is 11.2 Å². The zero-order chi connectivity index (χ0) is 11.7. The maximum Gasteiger partial charge on any atom is 0.332 e. The molecule has 1 heterocycles. The molecule has 0 unspecified atom stereocenters. The van der Waals surface area contributed by atoms with Crippen molar-refractivity contribution in [2.45, 2.75) is 6.92 Å². The molecule has 0 aliphatic carbocycles. The van der Waals surface area contributed by atoms with Crippen LogP contribution in [0.1, 0.15) is 5.56 Å². The van der Waals surface area contributed by atoms with E-state index in [-0.39, 0.29) is 0 Å². The summed E-state index contributed by atoms with van der Waals surface area (Å²) >= 11 is 5.96. The van der Waals surface area contributed by atoms with Gasteiger partial charge in [0.2, 0.25) is 0 Å². The molecule has 5 heteroatoms. The predicted octanol–water partition coefficient (Wildman–Crippen LogP) is 1.49. The van der Waals surface area contributed by atoms with E-state index in [4.69, 9.17) is 11.6 Å². The molecule has 0 radical (unpaired) electrons. The van der Waals surface area contributed by atoms with E-state index >= 15 is 0 Å². The lowest BCUT2D eigenvalue weighted by Crippen LogP contribution is -2.27. The molecule has 4 nitrogen and oxygen atoms in total. The number of hydrogen-bond acceptors (Lipinski definition) is 2. The average molecular weight is 237 g/mol. The van der Waals surface area contributed by atoms with Crippen LogP contribution in [0.5, 0.6) is 0 Å². The van der Waals surface area contributed by atoms with Gasteiger partial charge in [-0.15, -0.1) is 0 Å². The van der Waals surface area contributed by atoms with Gasteiger partial charge in [-0.05, 0) is 24.6 Å². The highest BCUT2D eigenvalue weighted by molar-refractivity contribution is 6.31. The first kappa shape index (κ1) is 10.7. The summed E-state index contributed by atoms with van der Waals surface area (Å²) < 4.78 is 1.33. The van der Waals surface area contributed by atoms with E-state index in [1.54, 1.807) is 12.1 Å². The number of nitrogens with one attached hydrogen (secondary N) is 1. The number of nitrogens with zero attached hydrogens (tertiary/aromatic N) is 1. The largest absolute Gasteiger partial charge is 0.332 e. The minimum Gasteiger partial charge on any atom is -0.274 e. The van der Waals surface area contributed by atoms with Crippen LogP contribution >= 0.6 is 11.6 Å². The minimum atomic E-state index is -0.479. The van der Waals surface area contributed by atoms with E-state index in [1.807, 2.05) is 13.0 Å². The maximum atomic E-state index is 11.5. The van der Waals surface area contributed by atoms with Crippen molar-refractivity contribution < 1.29 is 0 Å². The van der Waals surface area contributed by atoms with Crippen molar-refractivity contribution in [2.75, 3.05) is 0 Å². The van der Waals surface area contributed by atoms with E-state index in [0.717, 1.165) is 5.56 Å². The zero-order valence-corrected chi connectivity index (χ0v) is 9.28. The molecule has 1 aromatic heterocycles. The topological polar surface area (TPSA) is 54.9 Å². The van der Waals surface area contributed by atoms with Gasteiger partial charge in [0.25, 0.3) is 5.56 Å². The Labute approximate surface area is 96.1 Å². The molecule has 2 rings (SSSR count). The van der Waals surface area contributed by atoms with E-state index in [2.05, 4.69) is 4.98 Å². The van der Waals surface area contributed by atoms with Crippen LogP contribution < -0.4 is 11.2 Å². The molecular formula is C11H9ClN2O2. The molecule has 1 N–H and O–H groups in total. The first-order valence-corrected chi connectivity index (χ1v) is 5.04. The van der Waals surface area contributed by atoms with Gasteiger partial charge in [0.05, 0.1) is 5.69 Å². The fourth-order valence-electron chi connectivity index (χ4n) is 1.35. The highest BCUT2D eigenvalue weighted by Crippen LogP contribution is 2.18. The van der Waals surface area contributed by atoms with E-state index in [1.165, 1.54) is 16.8 Å². The van der Waals surface area contributed by atoms with Crippen LogP contribution in [0.3, 0.4) is 0 Å². The summed E-state index contributed by atoms with van der Waals surface area (Å²) in [6, 6.07) is 6.54. The second kappa shape index (κ2) is 3.98. The Bertz CT molecular complexity index is 643. The van der Waals surface area contributed by atoms with Crippen molar-refractivity contribution in [2.24, 2.45) is 0 Å². The summed E-state index contributed by atoms with van der Waals surface area (Å²) in [6.45, 7) is 1.88. The minimum absolute atomic E-state index is 0.417. The van der Waals surface area contributed by atoms with Gasteiger partial charge in [-0.1, -0.05) is 17.7 Å². The molecule has 2 aromatic rings. The number of aromatic nitrogens is 2. The number of halogens is 1. The summed E-state index contributed by atoms with van der Waals surface area (Å²) in [5, 5.41) is 0.579. The predicted molar refractivity (Wildman–Crippen MR) is 62.4 cm³/mol. The van der Waals surface area contributed by atoms with Crippen molar-refractivity contribution in [3.63, 3.8) is 0 Å². The molecule has 16 heavy (non-hydrogen) atoms. The van der Waals surface area contributed by atoms with Crippen LogP contribution in [0.25, 0.3) is 5.69 Å². The zero-order valence-electron chi connectivity index (χ0n) is 8.53. The number of aryl methyl sites for hydroxylation is 1.